The number of nitrogens with one attached hydrogen (secondary N) is 1. The van der Waals surface area contributed by atoms with E-state index in [9.17, 15) is 4.79 Å². The maximum atomic E-state index is 12.9. The van der Waals surface area contributed by atoms with Gasteiger partial charge in [-0.3, -0.25) is 9.69 Å². The molecule has 1 amide bonds. The molecule has 1 saturated carbocycles. The van der Waals surface area contributed by atoms with Crippen molar-refractivity contribution in [1.82, 2.24) is 15.1 Å². The molecule has 132 valence electrons. The Morgan fingerprint density at radius 3 is 2.67 bits per heavy atom. The molecule has 2 aliphatic rings. The van der Waals surface area contributed by atoms with E-state index < -0.39 is 0 Å². The number of nitrogens with zero attached hydrogens (tertiary/aromatic N) is 2. The van der Waals surface area contributed by atoms with Gasteiger partial charge >= 0.3 is 0 Å². The molecule has 1 saturated heterocycles. The Labute approximate surface area is 145 Å². The number of likely N-dealkylation sites (N-methyl/N-ethyl adjacent to an activating group) is 1. The standard InChI is InChI=1S/C19H29N3O2/c1-20-16-4-3-11-21(13-16)14-19(23)22(17-7-8-17)12-15-5-9-18(24-2)10-6-15/h5-6,9-10,16-17,20H,3-4,7-8,11-14H2,1-2H3. The Bertz CT molecular complexity index is 542. The first-order chi connectivity index (χ1) is 11.7. The highest BCUT2D eigenvalue weighted by Gasteiger charge is 2.33. The number of hydrogen-bond donors (Lipinski definition) is 1. The zero-order chi connectivity index (χ0) is 16.9. The van der Waals surface area contributed by atoms with E-state index in [4.69, 9.17) is 4.74 Å². The third kappa shape index (κ3) is 4.48. The van der Waals surface area contributed by atoms with E-state index in [1.54, 1.807) is 7.11 Å². The van der Waals surface area contributed by atoms with Gasteiger partial charge in [0.15, 0.2) is 0 Å². The summed E-state index contributed by atoms with van der Waals surface area (Å²) in [7, 11) is 3.68. The highest BCUT2D eigenvalue weighted by atomic mass is 16.5. The van der Waals surface area contributed by atoms with Gasteiger partial charge in [0.25, 0.3) is 0 Å². The first-order valence-corrected chi connectivity index (χ1v) is 9.01. The Morgan fingerprint density at radius 2 is 2.04 bits per heavy atom. The molecule has 3 rings (SSSR count). The predicted octanol–water partition coefficient (Wildman–Crippen LogP) is 1.87. The summed E-state index contributed by atoms with van der Waals surface area (Å²) in [5.41, 5.74) is 1.17. The van der Waals surface area contributed by atoms with Gasteiger partial charge in [0, 0.05) is 25.2 Å². The van der Waals surface area contributed by atoms with E-state index in [0.29, 0.717) is 25.2 Å². The summed E-state index contributed by atoms with van der Waals surface area (Å²) in [6.07, 6.45) is 4.65. The number of amides is 1. The molecule has 1 aromatic rings. The van der Waals surface area contributed by atoms with E-state index in [1.165, 1.54) is 18.4 Å². The molecule has 0 bridgehead atoms. The Morgan fingerprint density at radius 1 is 1.29 bits per heavy atom. The van der Waals surface area contributed by atoms with Crippen LogP contribution < -0.4 is 10.1 Å². The fraction of sp³-hybridized carbons (Fsp3) is 0.632. The van der Waals surface area contributed by atoms with Crippen LogP contribution in [0.3, 0.4) is 0 Å². The number of rotatable bonds is 7. The van der Waals surface area contributed by atoms with Crippen LogP contribution in [0.1, 0.15) is 31.2 Å². The summed E-state index contributed by atoms with van der Waals surface area (Å²) in [6, 6.07) is 8.99. The maximum Gasteiger partial charge on any atom is 0.237 e. The lowest BCUT2D eigenvalue weighted by molar-refractivity contribution is -0.134. The number of benzene rings is 1. The molecule has 1 aliphatic carbocycles. The molecule has 1 aromatic carbocycles. The lowest BCUT2D eigenvalue weighted by atomic mass is 10.1. The largest absolute Gasteiger partial charge is 0.497 e. The topological polar surface area (TPSA) is 44.8 Å². The van der Waals surface area contributed by atoms with Crippen molar-refractivity contribution in [3.05, 3.63) is 29.8 Å². The Balaban J connectivity index is 1.59. The third-order valence-corrected chi connectivity index (χ3v) is 5.09. The molecule has 1 N–H and O–H groups in total. The van der Waals surface area contributed by atoms with E-state index in [2.05, 4.69) is 27.2 Å². The van der Waals surface area contributed by atoms with Crippen molar-refractivity contribution >= 4 is 5.91 Å². The van der Waals surface area contributed by atoms with Gasteiger partial charge in [-0.05, 0) is 57.0 Å². The molecule has 24 heavy (non-hydrogen) atoms. The van der Waals surface area contributed by atoms with Crippen molar-refractivity contribution in [2.45, 2.75) is 44.3 Å². The number of carbonyl (C=O) groups excluding carboxylic acids is 1. The molecular formula is C19H29N3O2. The molecule has 2 fully saturated rings. The predicted molar refractivity (Wildman–Crippen MR) is 95.1 cm³/mol. The zero-order valence-corrected chi connectivity index (χ0v) is 14.8. The molecule has 5 nitrogen and oxygen atoms in total. The zero-order valence-electron chi connectivity index (χ0n) is 14.8. The smallest absolute Gasteiger partial charge is 0.237 e. The second-order valence-corrected chi connectivity index (χ2v) is 6.96. The Kier molecular flexibility index (Phi) is 5.74. The van der Waals surface area contributed by atoms with Crippen LogP contribution in [0, 0.1) is 0 Å². The third-order valence-electron chi connectivity index (χ3n) is 5.09. The highest BCUT2D eigenvalue weighted by Crippen LogP contribution is 2.29. The minimum atomic E-state index is 0.269. The number of hydrogen-bond acceptors (Lipinski definition) is 4. The summed E-state index contributed by atoms with van der Waals surface area (Å²) in [6.45, 7) is 3.26. The minimum Gasteiger partial charge on any atom is -0.497 e. The van der Waals surface area contributed by atoms with Gasteiger partial charge in [-0.2, -0.15) is 0 Å². The van der Waals surface area contributed by atoms with E-state index in [0.717, 1.165) is 31.7 Å². The molecule has 1 heterocycles. The Hall–Kier alpha value is -1.59. The normalized spacial score (nSPS) is 21.5. The van der Waals surface area contributed by atoms with Crippen molar-refractivity contribution < 1.29 is 9.53 Å². The molecule has 0 radical (unpaired) electrons. The van der Waals surface area contributed by atoms with Crippen molar-refractivity contribution in [3.63, 3.8) is 0 Å². The van der Waals surface area contributed by atoms with Crippen molar-refractivity contribution in [1.29, 1.82) is 0 Å². The van der Waals surface area contributed by atoms with Gasteiger partial charge in [-0.1, -0.05) is 12.1 Å². The van der Waals surface area contributed by atoms with Gasteiger partial charge in [-0.15, -0.1) is 0 Å². The van der Waals surface area contributed by atoms with Crippen LogP contribution in [-0.4, -0.2) is 61.6 Å². The van der Waals surface area contributed by atoms with Crippen molar-refractivity contribution in [2.75, 3.05) is 33.8 Å². The van der Waals surface area contributed by atoms with Crippen molar-refractivity contribution in [3.8, 4) is 5.75 Å². The van der Waals surface area contributed by atoms with Gasteiger partial charge in [-0.25, -0.2) is 0 Å². The van der Waals surface area contributed by atoms with Gasteiger partial charge in [0.2, 0.25) is 5.91 Å². The van der Waals surface area contributed by atoms with Gasteiger partial charge in [0.05, 0.1) is 13.7 Å². The van der Waals surface area contributed by atoms with Crippen LogP contribution in [0.15, 0.2) is 24.3 Å². The van der Waals surface area contributed by atoms with Crippen molar-refractivity contribution in [2.24, 2.45) is 0 Å². The van der Waals surface area contributed by atoms with Crippen LogP contribution in [-0.2, 0) is 11.3 Å². The first kappa shape index (κ1) is 17.2. The average Bonchev–Trinajstić information content (AvgIpc) is 3.45. The molecule has 1 atom stereocenters. The van der Waals surface area contributed by atoms with E-state index in [-0.39, 0.29) is 5.91 Å². The number of methoxy groups -OCH3 is 1. The SMILES string of the molecule is CNC1CCCN(CC(=O)N(Cc2ccc(OC)cc2)C2CC2)C1. The average molecular weight is 331 g/mol. The second kappa shape index (κ2) is 7.99. The second-order valence-electron chi connectivity index (χ2n) is 6.96. The number of ether oxygens (including phenoxy) is 1. The summed E-state index contributed by atoms with van der Waals surface area (Å²) >= 11 is 0. The lowest BCUT2D eigenvalue weighted by Gasteiger charge is -2.33. The summed E-state index contributed by atoms with van der Waals surface area (Å²) in [5.74, 6) is 1.12. The number of likely N-dealkylation sites (tertiary alicyclic amines) is 1. The van der Waals surface area contributed by atoms with Crippen LogP contribution in [0.4, 0.5) is 0 Å². The summed E-state index contributed by atoms with van der Waals surface area (Å²) in [4.78, 5) is 17.2. The van der Waals surface area contributed by atoms with Gasteiger partial charge < -0.3 is 15.0 Å². The summed E-state index contributed by atoms with van der Waals surface area (Å²) < 4.78 is 5.21. The quantitative estimate of drug-likeness (QED) is 0.828. The van der Waals surface area contributed by atoms with Crippen LogP contribution >= 0.6 is 0 Å². The number of carbonyl (C=O) groups is 1. The van der Waals surface area contributed by atoms with Crippen LogP contribution in [0.2, 0.25) is 0 Å². The van der Waals surface area contributed by atoms with Gasteiger partial charge in [0.1, 0.15) is 5.75 Å². The fourth-order valence-electron chi connectivity index (χ4n) is 3.45. The summed E-state index contributed by atoms with van der Waals surface area (Å²) in [5, 5.41) is 3.34. The maximum absolute atomic E-state index is 12.9. The lowest BCUT2D eigenvalue weighted by Crippen LogP contribution is -2.49. The molecule has 0 aromatic heterocycles. The highest BCUT2D eigenvalue weighted by molar-refractivity contribution is 5.79. The van der Waals surface area contributed by atoms with Crippen LogP contribution in [0.25, 0.3) is 0 Å². The molecule has 1 aliphatic heterocycles. The monoisotopic (exact) mass is 331 g/mol. The molecule has 5 heteroatoms. The van der Waals surface area contributed by atoms with E-state index >= 15 is 0 Å². The molecule has 1 unspecified atom stereocenters. The van der Waals surface area contributed by atoms with Crippen LogP contribution in [0.5, 0.6) is 5.75 Å². The first-order valence-electron chi connectivity index (χ1n) is 9.01. The molecular weight excluding hydrogens is 302 g/mol. The molecule has 0 spiro atoms. The number of piperidine rings is 1. The van der Waals surface area contributed by atoms with E-state index in [1.807, 2.05) is 19.2 Å². The fourth-order valence-corrected chi connectivity index (χ4v) is 3.45. The minimum absolute atomic E-state index is 0.269.